The molecule has 0 unspecified atom stereocenters. The van der Waals surface area contributed by atoms with E-state index in [2.05, 4.69) is 20.2 Å². The Morgan fingerprint density at radius 1 is 1.16 bits per heavy atom. The topological polar surface area (TPSA) is 73.4 Å². The number of rotatable bonds is 1. The number of allylic oxidation sites excluding steroid dienone is 3. The van der Waals surface area contributed by atoms with Crippen LogP contribution in [-0.2, 0) is 0 Å². The molecule has 94 valence electrons. The van der Waals surface area contributed by atoms with Crippen LogP contribution in [0.1, 0.15) is 5.56 Å². The van der Waals surface area contributed by atoms with Crippen molar-refractivity contribution in [2.45, 2.75) is 0 Å². The van der Waals surface area contributed by atoms with Gasteiger partial charge in [-0.05, 0) is 24.3 Å². The number of aliphatic imine (C=N–C) groups is 1. The van der Waals surface area contributed by atoms with E-state index in [9.17, 15) is 0 Å². The molecule has 0 atom stereocenters. The molecule has 0 aliphatic carbocycles. The first-order valence-corrected chi connectivity index (χ1v) is 5.80. The molecular weight excluding hydrogens is 266 g/mol. The van der Waals surface area contributed by atoms with Crippen molar-refractivity contribution in [2.24, 2.45) is 15.2 Å². The van der Waals surface area contributed by atoms with Gasteiger partial charge in [-0.3, -0.25) is 5.21 Å². The first-order chi connectivity index (χ1) is 9.22. The first kappa shape index (κ1) is 11.8. The average Bonchev–Trinajstić information content (AvgIpc) is 2.89. The van der Waals surface area contributed by atoms with Gasteiger partial charge in [0.1, 0.15) is 5.15 Å². The summed E-state index contributed by atoms with van der Waals surface area (Å²) in [6.45, 7) is 0. The van der Waals surface area contributed by atoms with Gasteiger partial charge in [0.2, 0.25) is 0 Å². The molecule has 6 nitrogen and oxygen atoms in total. The van der Waals surface area contributed by atoms with Crippen LogP contribution < -0.4 is 0 Å². The number of aromatic nitrogens is 1. The number of amidine groups is 1. The van der Waals surface area contributed by atoms with Crippen LogP contribution in [0.5, 0.6) is 0 Å². The van der Waals surface area contributed by atoms with E-state index in [-0.39, 0.29) is 0 Å². The minimum atomic E-state index is 0.380. The molecule has 0 amide bonds. The highest BCUT2D eigenvalue weighted by molar-refractivity contribution is 6.29. The number of nitrogens with zero attached hydrogens (tertiary/aromatic N) is 5. The van der Waals surface area contributed by atoms with Crippen LogP contribution >= 0.6 is 11.6 Å². The quantitative estimate of drug-likeness (QED) is 0.800. The van der Waals surface area contributed by atoms with Crippen LogP contribution in [0.3, 0.4) is 0 Å². The largest absolute Gasteiger partial charge is 0.285 e. The van der Waals surface area contributed by atoms with Crippen molar-refractivity contribution in [2.75, 3.05) is 0 Å². The summed E-state index contributed by atoms with van der Waals surface area (Å²) in [6, 6.07) is 3.44. The Bertz CT molecular complexity index is 658. The van der Waals surface area contributed by atoms with Gasteiger partial charge in [-0.25, -0.2) is 15.0 Å². The van der Waals surface area contributed by atoms with Crippen LogP contribution in [0, 0.1) is 0 Å². The highest BCUT2D eigenvalue weighted by Gasteiger charge is 2.14. The van der Waals surface area contributed by atoms with Gasteiger partial charge in [-0.2, -0.15) is 0 Å². The van der Waals surface area contributed by atoms with E-state index in [1.807, 2.05) is 0 Å². The lowest BCUT2D eigenvalue weighted by Crippen LogP contribution is -2.04. The van der Waals surface area contributed by atoms with Gasteiger partial charge < -0.3 is 0 Å². The SMILES string of the molecule is ON1C=CC(=C2N=NC(c3ccnc(Cl)c3)=N2)C=C1. The summed E-state index contributed by atoms with van der Waals surface area (Å²) in [7, 11) is 0. The van der Waals surface area contributed by atoms with Crippen molar-refractivity contribution in [3.63, 3.8) is 0 Å². The second-order valence-corrected chi connectivity index (χ2v) is 4.18. The van der Waals surface area contributed by atoms with Crippen molar-refractivity contribution >= 4 is 17.4 Å². The number of hydrogen-bond acceptors (Lipinski definition) is 6. The monoisotopic (exact) mass is 273 g/mol. The lowest BCUT2D eigenvalue weighted by atomic mass is 10.2. The lowest BCUT2D eigenvalue weighted by molar-refractivity contribution is 0.0105. The van der Waals surface area contributed by atoms with E-state index in [0.29, 0.717) is 16.8 Å². The van der Waals surface area contributed by atoms with E-state index in [1.54, 1.807) is 30.5 Å². The molecule has 0 saturated carbocycles. The van der Waals surface area contributed by atoms with Gasteiger partial charge in [0.25, 0.3) is 0 Å². The second-order valence-electron chi connectivity index (χ2n) is 3.79. The zero-order valence-electron chi connectivity index (χ0n) is 9.60. The Morgan fingerprint density at radius 3 is 2.68 bits per heavy atom. The summed E-state index contributed by atoms with van der Waals surface area (Å²) in [5, 5.41) is 18.5. The third-order valence-electron chi connectivity index (χ3n) is 2.51. The van der Waals surface area contributed by atoms with Gasteiger partial charge >= 0.3 is 0 Å². The maximum Gasteiger partial charge on any atom is 0.184 e. The fourth-order valence-corrected chi connectivity index (χ4v) is 1.77. The molecule has 19 heavy (non-hydrogen) atoms. The zero-order chi connectivity index (χ0) is 13.2. The Hall–Kier alpha value is -2.31. The lowest BCUT2D eigenvalue weighted by Gasteiger charge is -2.09. The first-order valence-electron chi connectivity index (χ1n) is 5.42. The fourth-order valence-electron chi connectivity index (χ4n) is 1.59. The highest BCUT2D eigenvalue weighted by atomic mass is 35.5. The summed E-state index contributed by atoms with van der Waals surface area (Å²) in [5.41, 5.74) is 1.52. The Kier molecular flexibility index (Phi) is 2.94. The van der Waals surface area contributed by atoms with Crippen LogP contribution in [0.4, 0.5) is 0 Å². The molecule has 0 spiro atoms. The molecule has 0 aromatic carbocycles. The molecule has 1 aromatic rings. The molecule has 3 heterocycles. The summed E-state index contributed by atoms with van der Waals surface area (Å²) in [5.74, 6) is 0.976. The second kappa shape index (κ2) is 4.75. The minimum absolute atomic E-state index is 0.380. The average molecular weight is 274 g/mol. The van der Waals surface area contributed by atoms with E-state index >= 15 is 0 Å². The van der Waals surface area contributed by atoms with Gasteiger partial charge in [0, 0.05) is 29.7 Å². The number of hydrogen-bond donors (Lipinski definition) is 1. The van der Waals surface area contributed by atoms with Gasteiger partial charge in [-0.1, -0.05) is 11.6 Å². The molecule has 1 N–H and O–H groups in total. The van der Waals surface area contributed by atoms with Gasteiger partial charge in [0.05, 0.1) is 0 Å². The van der Waals surface area contributed by atoms with E-state index < -0.39 is 0 Å². The molecule has 0 radical (unpaired) electrons. The molecule has 0 saturated heterocycles. The van der Waals surface area contributed by atoms with Crippen molar-refractivity contribution in [1.29, 1.82) is 0 Å². The van der Waals surface area contributed by atoms with Crippen LogP contribution in [0.15, 0.2) is 69.5 Å². The number of azo groups is 1. The smallest absolute Gasteiger partial charge is 0.184 e. The molecule has 2 aliphatic heterocycles. The maximum atomic E-state index is 9.16. The number of halogens is 1. The predicted molar refractivity (Wildman–Crippen MR) is 69.6 cm³/mol. The Morgan fingerprint density at radius 2 is 1.95 bits per heavy atom. The standard InChI is InChI=1S/C12H8ClN5O/c13-10-7-9(1-4-14-10)12-15-11(16-17-12)8-2-5-18(19)6-3-8/h1-7,19H. The molecule has 0 bridgehead atoms. The van der Waals surface area contributed by atoms with E-state index in [4.69, 9.17) is 16.8 Å². The number of hydroxylamine groups is 2. The summed E-state index contributed by atoms with van der Waals surface area (Å²) >= 11 is 5.82. The molecule has 2 aliphatic rings. The molecular formula is C12H8ClN5O. The Balaban J connectivity index is 1.95. The fraction of sp³-hybridized carbons (Fsp3) is 0. The minimum Gasteiger partial charge on any atom is -0.285 e. The van der Waals surface area contributed by atoms with Crippen LogP contribution in [0.2, 0.25) is 5.15 Å². The Labute approximate surface area is 113 Å². The molecule has 0 fully saturated rings. The van der Waals surface area contributed by atoms with E-state index in [0.717, 1.165) is 16.2 Å². The summed E-state index contributed by atoms with van der Waals surface area (Å²) in [6.07, 6.45) is 7.97. The van der Waals surface area contributed by atoms with E-state index in [1.165, 1.54) is 12.4 Å². The highest BCUT2D eigenvalue weighted by Crippen LogP contribution is 2.22. The molecule has 1 aromatic heterocycles. The van der Waals surface area contributed by atoms with Crippen LogP contribution in [0.25, 0.3) is 0 Å². The van der Waals surface area contributed by atoms with Crippen molar-refractivity contribution in [3.05, 3.63) is 65.0 Å². The van der Waals surface area contributed by atoms with Crippen LogP contribution in [-0.4, -0.2) is 21.1 Å². The van der Waals surface area contributed by atoms with Crippen molar-refractivity contribution < 1.29 is 5.21 Å². The van der Waals surface area contributed by atoms with Crippen molar-refractivity contribution in [1.82, 2.24) is 10.0 Å². The van der Waals surface area contributed by atoms with Gasteiger partial charge in [0.15, 0.2) is 11.7 Å². The third kappa shape index (κ3) is 2.44. The third-order valence-corrected chi connectivity index (χ3v) is 2.71. The van der Waals surface area contributed by atoms with Gasteiger partial charge in [-0.15, -0.1) is 10.2 Å². The molecule has 3 rings (SSSR count). The maximum absolute atomic E-state index is 9.16. The summed E-state index contributed by atoms with van der Waals surface area (Å²) < 4.78 is 0. The molecule has 7 heteroatoms. The zero-order valence-corrected chi connectivity index (χ0v) is 10.4. The normalized spacial score (nSPS) is 17.4. The predicted octanol–water partition coefficient (Wildman–Crippen LogP) is 2.89. The summed E-state index contributed by atoms with van der Waals surface area (Å²) in [4.78, 5) is 8.22. The number of pyridine rings is 1. The van der Waals surface area contributed by atoms with Crippen molar-refractivity contribution in [3.8, 4) is 0 Å².